The Morgan fingerprint density at radius 1 is 1.04 bits per heavy atom. The van der Waals surface area contributed by atoms with E-state index in [0.29, 0.717) is 24.5 Å². The van der Waals surface area contributed by atoms with E-state index in [2.05, 4.69) is 16.6 Å². The van der Waals surface area contributed by atoms with Gasteiger partial charge in [-0.05, 0) is 17.7 Å². The van der Waals surface area contributed by atoms with Gasteiger partial charge in [-0.25, -0.2) is 0 Å². The van der Waals surface area contributed by atoms with E-state index in [1.165, 1.54) is 0 Å². The van der Waals surface area contributed by atoms with Crippen molar-refractivity contribution in [2.24, 2.45) is 0 Å². The SMILES string of the molecule is C#CCNC(=O)c1ccccc1NC(=O)CCOCc1ccccc1. The number of anilines is 1. The molecule has 0 spiro atoms. The zero-order valence-corrected chi connectivity index (χ0v) is 13.8. The molecule has 5 nitrogen and oxygen atoms in total. The van der Waals surface area contributed by atoms with E-state index < -0.39 is 0 Å². The summed E-state index contributed by atoms with van der Waals surface area (Å²) in [5.41, 5.74) is 1.87. The summed E-state index contributed by atoms with van der Waals surface area (Å²) in [5.74, 6) is 1.80. The highest BCUT2D eigenvalue weighted by Gasteiger charge is 2.12. The van der Waals surface area contributed by atoms with Gasteiger partial charge in [0.05, 0.1) is 37.4 Å². The molecule has 25 heavy (non-hydrogen) atoms. The molecule has 2 aromatic carbocycles. The van der Waals surface area contributed by atoms with Crippen molar-refractivity contribution < 1.29 is 14.3 Å². The Hall–Kier alpha value is -3.10. The smallest absolute Gasteiger partial charge is 0.254 e. The second-order valence-corrected chi connectivity index (χ2v) is 5.27. The van der Waals surface area contributed by atoms with Gasteiger partial charge in [0.25, 0.3) is 5.91 Å². The molecule has 0 saturated heterocycles. The van der Waals surface area contributed by atoms with Gasteiger partial charge in [-0.15, -0.1) is 6.42 Å². The topological polar surface area (TPSA) is 67.4 Å². The third kappa shape index (κ3) is 6.13. The zero-order chi connectivity index (χ0) is 17.9. The van der Waals surface area contributed by atoms with Gasteiger partial charge in [-0.2, -0.15) is 0 Å². The Morgan fingerprint density at radius 3 is 2.52 bits per heavy atom. The maximum atomic E-state index is 12.1. The number of para-hydroxylation sites is 1. The van der Waals surface area contributed by atoms with Crippen LogP contribution in [-0.4, -0.2) is 25.0 Å². The molecular weight excluding hydrogens is 316 g/mol. The highest BCUT2D eigenvalue weighted by Crippen LogP contribution is 2.15. The van der Waals surface area contributed by atoms with Crippen molar-refractivity contribution in [1.82, 2.24) is 5.32 Å². The summed E-state index contributed by atoms with van der Waals surface area (Å²) in [6.45, 7) is 0.889. The maximum Gasteiger partial charge on any atom is 0.254 e. The van der Waals surface area contributed by atoms with Crippen molar-refractivity contribution >= 4 is 17.5 Å². The monoisotopic (exact) mass is 336 g/mol. The number of nitrogens with one attached hydrogen (secondary N) is 2. The predicted molar refractivity (Wildman–Crippen MR) is 97.0 cm³/mol. The number of amides is 2. The van der Waals surface area contributed by atoms with E-state index in [9.17, 15) is 9.59 Å². The lowest BCUT2D eigenvalue weighted by molar-refractivity contribution is -0.117. The first-order chi connectivity index (χ1) is 12.2. The van der Waals surface area contributed by atoms with Crippen LogP contribution in [0, 0.1) is 12.3 Å². The quantitative estimate of drug-likeness (QED) is 0.575. The van der Waals surface area contributed by atoms with Gasteiger partial charge in [0, 0.05) is 0 Å². The van der Waals surface area contributed by atoms with Crippen LogP contribution < -0.4 is 10.6 Å². The van der Waals surface area contributed by atoms with Crippen LogP contribution in [-0.2, 0) is 16.1 Å². The van der Waals surface area contributed by atoms with E-state index in [4.69, 9.17) is 11.2 Å². The normalized spacial score (nSPS) is 9.88. The number of rotatable bonds is 8. The Kier molecular flexibility index (Phi) is 7.23. The fraction of sp³-hybridized carbons (Fsp3) is 0.200. The molecule has 0 aliphatic heterocycles. The first-order valence-electron chi connectivity index (χ1n) is 7.93. The molecule has 128 valence electrons. The number of hydrogen-bond donors (Lipinski definition) is 2. The van der Waals surface area contributed by atoms with Gasteiger partial charge >= 0.3 is 0 Å². The summed E-state index contributed by atoms with van der Waals surface area (Å²) in [7, 11) is 0. The molecule has 0 unspecified atom stereocenters. The summed E-state index contributed by atoms with van der Waals surface area (Å²) >= 11 is 0. The fourth-order valence-electron chi connectivity index (χ4n) is 2.16. The average molecular weight is 336 g/mol. The molecule has 2 aromatic rings. The van der Waals surface area contributed by atoms with Gasteiger partial charge in [0.1, 0.15) is 0 Å². The van der Waals surface area contributed by atoms with Crippen LogP contribution in [0.5, 0.6) is 0 Å². The molecular formula is C20H20N2O3. The Balaban J connectivity index is 1.82. The van der Waals surface area contributed by atoms with E-state index in [1.54, 1.807) is 24.3 Å². The Bertz CT molecular complexity index is 751. The molecule has 0 fully saturated rings. The molecule has 0 aliphatic rings. The van der Waals surface area contributed by atoms with Crippen LogP contribution in [0.2, 0.25) is 0 Å². The van der Waals surface area contributed by atoms with Crippen LogP contribution in [0.4, 0.5) is 5.69 Å². The molecule has 0 heterocycles. The molecule has 0 aliphatic carbocycles. The standard InChI is InChI=1S/C20H20N2O3/c1-2-13-21-20(24)17-10-6-7-11-18(17)22-19(23)12-14-25-15-16-8-4-3-5-9-16/h1,3-11H,12-15H2,(H,21,24)(H,22,23). The number of ether oxygens (including phenoxy) is 1. The highest BCUT2D eigenvalue weighted by atomic mass is 16.5. The van der Waals surface area contributed by atoms with Crippen molar-refractivity contribution in [3.63, 3.8) is 0 Å². The molecule has 0 atom stereocenters. The van der Waals surface area contributed by atoms with E-state index in [0.717, 1.165) is 5.56 Å². The van der Waals surface area contributed by atoms with Gasteiger partial charge in [0.2, 0.25) is 5.91 Å². The third-order valence-electron chi connectivity index (χ3n) is 3.38. The number of hydrogen-bond acceptors (Lipinski definition) is 3. The lowest BCUT2D eigenvalue weighted by atomic mass is 10.1. The summed E-state index contributed by atoms with van der Waals surface area (Å²) in [4.78, 5) is 24.1. The van der Waals surface area contributed by atoms with Crippen LogP contribution in [0.3, 0.4) is 0 Å². The van der Waals surface area contributed by atoms with Crippen molar-refractivity contribution in [3.05, 3.63) is 65.7 Å². The molecule has 2 N–H and O–H groups in total. The first kappa shape index (κ1) is 18.2. The van der Waals surface area contributed by atoms with Crippen molar-refractivity contribution in [2.75, 3.05) is 18.5 Å². The molecule has 0 bridgehead atoms. The van der Waals surface area contributed by atoms with Crippen molar-refractivity contribution in [2.45, 2.75) is 13.0 Å². The highest BCUT2D eigenvalue weighted by molar-refractivity contribution is 6.03. The number of carbonyl (C=O) groups excluding carboxylic acids is 2. The van der Waals surface area contributed by atoms with Crippen molar-refractivity contribution in [3.8, 4) is 12.3 Å². The van der Waals surface area contributed by atoms with E-state index in [-0.39, 0.29) is 24.8 Å². The number of terminal acetylenes is 1. The summed E-state index contributed by atoms with van der Waals surface area (Å²) in [5, 5.41) is 5.32. The molecule has 0 saturated carbocycles. The van der Waals surface area contributed by atoms with E-state index in [1.807, 2.05) is 30.3 Å². The average Bonchev–Trinajstić information content (AvgIpc) is 2.64. The van der Waals surface area contributed by atoms with Crippen molar-refractivity contribution in [1.29, 1.82) is 0 Å². The second kappa shape index (κ2) is 9.91. The van der Waals surface area contributed by atoms with Crippen LogP contribution in [0.25, 0.3) is 0 Å². The summed E-state index contributed by atoms with van der Waals surface area (Å²) < 4.78 is 5.50. The summed E-state index contributed by atoms with van der Waals surface area (Å²) in [6, 6.07) is 16.5. The van der Waals surface area contributed by atoms with E-state index >= 15 is 0 Å². The molecule has 0 radical (unpaired) electrons. The molecule has 2 rings (SSSR count). The number of carbonyl (C=O) groups is 2. The van der Waals surface area contributed by atoms with Gasteiger partial charge < -0.3 is 15.4 Å². The minimum atomic E-state index is -0.325. The van der Waals surface area contributed by atoms with Gasteiger partial charge in [-0.3, -0.25) is 9.59 Å². The zero-order valence-electron chi connectivity index (χ0n) is 13.8. The minimum Gasteiger partial charge on any atom is -0.376 e. The number of benzene rings is 2. The van der Waals surface area contributed by atoms with Crippen LogP contribution >= 0.6 is 0 Å². The first-order valence-corrected chi connectivity index (χ1v) is 7.93. The van der Waals surface area contributed by atoms with Crippen LogP contribution in [0.1, 0.15) is 22.3 Å². The maximum absolute atomic E-state index is 12.1. The molecule has 2 amide bonds. The minimum absolute atomic E-state index is 0.133. The van der Waals surface area contributed by atoms with Gasteiger partial charge in [-0.1, -0.05) is 48.4 Å². The lowest BCUT2D eigenvalue weighted by Crippen LogP contribution is -2.25. The Labute approximate surface area is 147 Å². The fourth-order valence-corrected chi connectivity index (χ4v) is 2.16. The summed E-state index contributed by atoms with van der Waals surface area (Å²) in [6.07, 6.45) is 5.34. The largest absolute Gasteiger partial charge is 0.376 e. The molecule has 0 aromatic heterocycles. The molecule has 5 heteroatoms. The third-order valence-corrected chi connectivity index (χ3v) is 3.38. The predicted octanol–water partition coefficient (Wildman–Crippen LogP) is 2.60. The van der Waals surface area contributed by atoms with Crippen LogP contribution in [0.15, 0.2) is 54.6 Å². The van der Waals surface area contributed by atoms with Gasteiger partial charge in [0.15, 0.2) is 0 Å². The Morgan fingerprint density at radius 2 is 1.76 bits per heavy atom. The lowest BCUT2D eigenvalue weighted by Gasteiger charge is -2.11. The second-order valence-electron chi connectivity index (χ2n) is 5.27.